The van der Waals surface area contributed by atoms with Crippen LogP contribution in [0.3, 0.4) is 0 Å². The summed E-state index contributed by atoms with van der Waals surface area (Å²) in [7, 11) is 0. The van der Waals surface area contributed by atoms with Gasteiger partial charge in [-0.05, 0) is 30.9 Å². The minimum absolute atomic E-state index is 0.136. The maximum absolute atomic E-state index is 10.5. The van der Waals surface area contributed by atoms with E-state index >= 15 is 0 Å². The topological polar surface area (TPSA) is 49.3 Å². The second-order valence-electron chi connectivity index (χ2n) is 4.35. The van der Waals surface area contributed by atoms with E-state index in [1.165, 1.54) is 11.1 Å². The Morgan fingerprint density at radius 1 is 1.38 bits per heavy atom. The summed E-state index contributed by atoms with van der Waals surface area (Å²) in [5.74, 6) is -0.604. The molecule has 88 valence electrons. The van der Waals surface area contributed by atoms with Crippen LogP contribution < -0.4 is 5.32 Å². The Hall–Kier alpha value is -1.51. The van der Waals surface area contributed by atoms with E-state index in [4.69, 9.17) is 5.11 Å². The van der Waals surface area contributed by atoms with Crippen LogP contribution in [-0.2, 0) is 4.79 Å². The second-order valence-corrected chi connectivity index (χ2v) is 4.35. The first-order valence-electron chi connectivity index (χ1n) is 5.52. The van der Waals surface area contributed by atoms with Crippen LogP contribution in [0.5, 0.6) is 0 Å². The smallest absolute Gasteiger partial charge is 0.303 e. The predicted molar refractivity (Wildman–Crippen MR) is 65.8 cm³/mol. The Morgan fingerprint density at radius 3 is 2.44 bits per heavy atom. The number of anilines is 1. The molecule has 0 aromatic heterocycles. The number of hydrogen-bond acceptors (Lipinski definition) is 2. The van der Waals surface area contributed by atoms with Crippen LogP contribution in [-0.4, -0.2) is 17.6 Å². The minimum Gasteiger partial charge on any atom is -0.481 e. The molecule has 3 nitrogen and oxygen atoms in total. The van der Waals surface area contributed by atoms with Crippen molar-refractivity contribution in [3.8, 4) is 0 Å². The summed E-state index contributed by atoms with van der Waals surface area (Å²) in [4.78, 5) is 10.5. The molecule has 3 heteroatoms. The van der Waals surface area contributed by atoms with Gasteiger partial charge in [0.05, 0.1) is 0 Å². The first-order chi connectivity index (χ1) is 7.50. The molecule has 0 aliphatic heterocycles. The molecule has 1 atom stereocenters. The van der Waals surface area contributed by atoms with Crippen molar-refractivity contribution in [2.45, 2.75) is 27.2 Å². The fourth-order valence-corrected chi connectivity index (χ4v) is 1.74. The molecule has 16 heavy (non-hydrogen) atoms. The first-order valence-corrected chi connectivity index (χ1v) is 5.52. The zero-order valence-corrected chi connectivity index (χ0v) is 10.1. The third-order valence-electron chi connectivity index (χ3n) is 2.63. The quantitative estimate of drug-likeness (QED) is 0.803. The SMILES string of the molecule is Cc1cccc(C)c1NCC(C)CC(=O)O. The van der Waals surface area contributed by atoms with Gasteiger partial charge >= 0.3 is 5.97 Å². The fraction of sp³-hybridized carbons (Fsp3) is 0.462. The van der Waals surface area contributed by atoms with Gasteiger partial charge in [0.1, 0.15) is 0 Å². The summed E-state index contributed by atoms with van der Waals surface area (Å²) in [6, 6.07) is 6.13. The molecule has 0 radical (unpaired) electrons. The van der Waals surface area contributed by atoms with E-state index in [2.05, 4.69) is 31.3 Å². The highest BCUT2D eigenvalue weighted by Crippen LogP contribution is 2.19. The zero-order valence-electron chi connectivity index (χ0n) is 10.1. The monoisotopic (exact) mass is 221 g/mol. The molecular weight excluding hydrogens is 202 g/mol. The van der Waals surface area contributed by atoms with Crippen molar-refractivity contribution < 1.29 is 9.90 Å². The van der Waals surface area contributed by atoms with Crippen LogP contribution in [0.1, 0.15) is 24.5 Å². The van der Waals surface area contributed by atoms with Gasteiger partial charge in [-0.2, -0.15) is 0 Å². The number of rotatable bonds is 5. The van der Waals surface area contributed by atoms with E-state index < -0.39 is 5.97 Å². The van der Waals surface area contributed by atoms with Gasteiger partial charge in [-0.1, -0.05) is 25.1 Å². The van der Waals surface area contributed by atoms with Crippen molar-refractivity contribution in [2.24, 2.45) is 5.92 Å². The fourth-order valence-electron chi connectivity index (χ4n) is 1.74. The van der Waals surface area contributed by atoms with Crippen LogP contribution in [0.4, 0.5) is 5.69 Å². The van der Waals surface area contributed by atoms with E-state index in [1.807, 2.05) is 13.0 Å². The molecule has 0 heterocycles. The molecule has 1 rings (SSSR count). The average Bonchev–Trinajstić information content (AvgIpc) is 2.15. The molecule has 0 saturated heterocycles. The van der Waals surface area contributed by atoms with E-state index in [0.717, 1.165) is 5.69 Å². The number of hydrogen-bond donors (Lipinski definition) is 2. The van der Waals surface area contributed by atoms with Gasteiger partial charge in [0.2, 0.25) is 0 Å². The minimum atomic E-state index is -0.740. The number of carbonyl (C=O) groups is 1. The lowest BCUT2D eigenvalue weighted by atomic mass is 10.1. The molecule has 1 aromatic carbocycles. The molecule has 0 bridgehead atoms. The Bertz CT molecular complexity index is 354. The van der Waals surface area contributed by atoms with Gasteiger partial charge in [0, 0.05) is 18.7 Å². The summed E-state index contributed by atoms with van der Waals surface area (Å²) in [6.45, 7) is 6.74. The normalized spacial score (nSPS) is 12.2. The van der Waals surface area contributed by atoms with Gasteiger partial charge in [0.25, 0.3) is 0 Å². The van der Waals surface area contributed by atoms with Crippen molar-refractivity contribution in [1.82, 2.24) is 0 Å². The summed E-state index contributed by atoms with van der Waals surface area (Å²) < 4.78 is 0. The number of aryl methyl sites for hydroxylation is 2. The number of carboxylic acids is 1. The lowest BCUT2D eigenvalue weighted by Gasteiger charge is -2.15. The largest absolute Gasteiger partial charge is 0.481 e. The average molecular weight is 221 g/mol. The van der Waals surface area contributed by atoms with E-state index in [0.29, 0.717) is 6.54 Å². The number of para-hydroxylation sites is 1. The highest BCUT2D eigenvalue weighted by atomic mass is 16.4. The van der Waals surface area contributed by atoms with Crippen molar-refractivity contribution >= 4 is 11.7 Å². The molecule has 2 N–H and O–H groups in total. The van der Waals surface area contributed by atoms with Gasteiger partial charge in [-0.25, -0.2) is 0 Å². The highest BCUT2D eigenvalue weighted by Gasteiger charge is 2.08. The lowest BCUT2D eigenvalue weighted by molar-refractivity contribution is -0.137. The molecule has 0 saturated carbocycles. The maximum atomic E-state index is 10.5. The van der Waals surface area contributed by atoms with E-state index in [9.17, 15) is 4.79 Å². The van der Waals surface area contributed by atoms with Crippen LogP contribution in [0.25, 0.3) is 0 Å². The molecule has 1 unspecified atom stereocenters. The molecule has 0 aliphatic carbocycles. The number of aliphatic carboxylic acids is 1. The lowest BCUT2D eigenvalue weighted by Crippen LogP contribution is -2.15. The second kappa shape index (κ2) is 5.54. The van der Waals surface area contributed by atoms with E-state index in [1.54, 1.807) is 0 Å². The molecule has 0 spiro atoms. The standard InChI is InChI=1S/C13H19NO2/c1-9(7-12(15)16)8-14-13-10(2)5-4-6-11(13)3/h4-6,9,14H,7-8H2,1-3H3,(H,15,16). The van der Waals surface area contributed by atoms with Crippen LogP contribution >= 0.6 is 0 Å². The Balaban J connectivity index is 2.57. The highest BCUT2D eigenvalue weighted by molar-refractivity contribution is 5.67. The first kappa shape index (κ1) is 12.6. The summed E-state index contributed by atoms with van der Waals surface area (Å²) in [5.41, 5.74) is 3.52. The maximum Gasteiger partial charge on any atom is 0.303 e. The number of benzene rings is 1. The van der Waals surface area contributed by atoms with Crippen LogP contribution in [0.2, 0.25) is 0 Å². The van der Waals surface area contributed by atoms with Gasteiger partial charge < -0.3 is 10.4 Å². The van der Waals surface area contributed by atoms with Crippen molar-refractivity contribution in [2.75, 3.05) is 11.9 Å². The van der Waals surface area contributed by atoms with Crippen molar-refractivity contribution in [3.05, 3.63) is 29.3 Å². The molecular formula is C13H19NO2. The molecule has 0 aliphatic rings. The van der Waals surface area contributed by atoms with Crippen LogP contribution in [0, 0.1) is 19.8 Å². The third-order valence-corrected chi connectivity index (χ3v) is 2.63. The Labute approximate surface area is 96.5 Å². The number of nitrogens with one attached hydrogen (secondary N) is 1. The summed E-state index contributed by atoms with van der Waals surface area (Å²) in [6.07, 6.45) is 0.206. The number of carboxylic acid groups (broad SMARTS) is 1. The Morgan fingerprint density at radius 2 is 1.94 bits per heavy atom. The van der Waals surface area contributed by atoms with Crippen molar-refractivity contribution in [3.63, 3.8) is 0 Å². The van der Waals surface area contributed by atoms with Crippen LogP contribution in [0.15, 0.2) is 18.2 Å². The molecule has 1 aromatic rings. The molecule has 0 amide bonds. The van der Waals surface area contributed by atoms with Gasteiger partial charge in [0.15, 0.2) is 0 Å². The summed E-state index contributed by atoms with van der Waals surface area (Å²) in [5, 5.41) is 12.0. The third kappa shape index (κ3) is 3.57. The van der Waals surface area contributed by atoms with Gasteiger partial charge in [-0.3, -0.25) is 4.79 Å². The van der Waals surface area contributed by atoms with E-state index in [-0.39, 0.29) is 12.3 Å². The van der Waals surface area contributed by atoms with Crippen molar-refractivity contribution in [1.29, 1.82) is 0 Å². The Kier molecular flexibility index (Phi) is 4.35. The predicted octanol–water partition coefficient (Wildman–Crippen LogP) is 2.83. The summed E-state index contributed by atoms with van der Waals surface area (Å²) >= 11 is 0. The molecule has 0 fully saturated rings. The van der Waals surface area contributed by atoms with Gasteiger partial charge in [-0.15, -0.1) is 0 Å². The zero-order chi connectivity index (χ0) is 12.1.